The Bertz CT molecular complexity index is 2470. The van der Waals surface area contributed by atoms with E-state index in [9.17, 15) is 0 Å². The number of benzene rings is 5. The second-order valence-electron chi connectivity index (χ2n) is 11.4. The van der Waals surface area contributed by atoms with E-state index >= 15 is 0 Å². The molecule has 4 aromatic heterocycles. The highest BCUT2D eigenvalue weighted by atomic mass is 15.0. The van der Waals surface area contributed by atoms with Crippen molar-refractivity contribution in [1.29, 1.82) is 0 Å². The van der Waals surface area contributed by atoms with Crippen molar-refractivity contribution in [2.75, 3.05) is 0 Å². The molecule has 0 fully saturated rings. The molecule has 9 rings (SSSR count). The first-order chi connectivity index (χ1) is 22.3. The lowest BCUT2D eigenvalue weighted by Crippen LogP contribution is -1.94. The third-order valence-corrected chi connectivity index (χ3v) is 8.78. The lowest BCUT2D eigenvalue weighted by Gasteiger charge is -2.10. The van der Waals surface area contributed by atoms with Gasteiger partial charge in [-0.15, -0.1) is 0 Å². The minimum absolute atomic E-state index is 0.848. The first kappa shape index (κ1) is 25.4. The van der Waals surface area contributed by atoms with Gasteiger partial charge in [-0.05, 0) is 75.1 Å². The number of fused-ring (bicyclic) bond motifs is 6. The topological polar surface area (TPSA) is 43.6 Å². The summed E-state index contributed by atoms with van der Waals surface area (Å²) in [5, 5.41) is 7.38. The van der Waals surface area contributed by atoms with Gasteiger partial charge in [0.1, 0.15) is 0 Å². The van der Waals surface area contributed by atoms with Crippen LogP contribution in [-0.2, 0) is 0 Å². The van der Waals surface area contributed by atoms with Crippen LogP contribution in [0.2, 0.25) is 0 Å². The third-order valence-electron chi connectivity index (χ3n) is 8.78. The van der Waals surface area contributed by atoms with Gasteiger partial charge in [0.2, 0.25) is 0 Å². The van der Waals surface area contributed by atoms with Gasteiger partial charge >= 0.3 is 0 Å². The van der Waals surface area contributed by atoms with Crippen LogP contribution < -0.4 is 0 Å². The predicted molar refractivity (Wildman–Crippen MR) is 185 cm³/mol. The molecule has 0 aliphatic carbocycles. The van der Waals surface area contributed by atoms with Gasteiger partial charge in [-0.1, -0.05) is 91.0 Å². The van der Waals surface area contributed by atoms with E-state index in [0.29, 0.717) is 0 Å². The molecule has 4 heterocycles. The number of nitrogens with zero attached hydrogens (tertiary/aromatic N) is 4. The smallest absolute Gasteiger partial charge is 0.0886 e. The summed E-state index contributed by atoms with van der Waals surface area (Å²) in [6.07, 6.45) is 7.68. The molecule has 0 saturated carbocycles. The van der Waals surface area contributed by atoms with Gasteiger partial charge < -0.3 is 4.57 Å². The highest BCUT2D eigenvalue weighted by molar-refractivity contribution is 6.09. The van der Waals surface area contributed by atoms with E-state index in [1.165, 1.54) is 26.9 Å². The SMILES string of the molecule is c1cc(-c2ccc(-c3ccc(-c4ccc5c(ccc6ccccc65)c4)cn3)nc2)cc(-n2c3ccccc3c3cnccc32)c1. The Morgan fingerprint density at radius 1 is 0.400 bits per heavy atom. The Hall–Kier alpha value is -6.13. The quantitative estimate of drug-likeness (QED) is 0.196. The van der Waals surface area contributed by atoms with Crippen LogP contribution in [0.15, 0.2) is 158 Å². The number of para-hydroxylation sites is 1. The summed E-state index contributed by atoms with van der Waals surface area (Å²) in [4.78, 5) is 14.0. The van der Waals surface area contributed by atoms with Crippen molar-refractivity contribution in [3.05, 3.63) is 158 Å². The van der Waals surface area contributed by atoms with Crippen molar-refractivity contribution < 1.29 is 0 Å². The summed E-state index contributed by atoms with van der Waals surface area (Å²) >= 11 is 0. The monoisotopic (exact) mass is 574 g/mol. The lowest BCUT2D eigenvalue weighted by atomic mass is 9.98. The molecular formula is C41H26N4. The highest BCUT2D eigenvalue weighted by Gasteiger charge is 2.13. The zero-order valence-electron chi connectivity index (χ0n) is 24.3. The normalized spacial score (nSPS) is 11.6. The number of pyridine rings is 3. The highest BCUT2D eigenvalue weighted by Crippen LogP contribution is 2.33. The van der Waals surface area contributed by atoms with Crippen molar-refractivity contribution in [2.45, 2.75) is 0 Å². The van der Waals surface area contributed by atoms with Crippen molar-refractivity contribution in [2.24, 2.45) is 0 Å². The van der Waals surface area contributed by atoms with E-state index in [0.717, 1.165) is 55.7 Å². The van der Waals surface area contributed by atoms with Crippen molar-refractivity contribution in [3.8, 4) is 39.3 Å². The van der Waals surface area contributed by atoms with Gasteiger partial charge in [0.05, 0.1) is 22.4 Å². The number of aromatic nitrogens is 4. The molecule has 9 aromatic rings. The van der Waals surface area contributed by atoms with E-state index in [1.54, 1.807) is 0 Å². The molecule has 0 unspecified atom stereocenters. The average molecular weight is 575 g/mol. The van der Waals surface area contributed by atoms with Crippen LogP contribution in [0.3, 0.4) is 0 Å². The molecule has 210 valence electrons. The maximum Gasteiger partial charge on any atom is 0.0886 e. The van der Waals surface area contributed by atoms with Gasteiger partial charge in [0.25, 0.3) is 0 Å². The first-order valence-corrected chi connectivity index (χ1v) is 15.1. The second kappa shape index (κ2) is 10.2. The summed E-state index contributed by atoms with van der Waals surface area (Å²) in [6, 6.07) is 47.1. The summed E-state index contributed by atoms with van der Waals surface area (Å²) in [7, 11) is 0. The Balaban J connectivity index is 1.01. The summed E-state index contributed by atoms with van der Waals surface area (Å²) < 4.78 is 2.31. The van der Waals surface area contributed by atoms with E-state index < -0.39 is 0 Å². The zero-order valence-corrected chi connectivity index (χ0v) is 24.3. The molecule has 0 amide bonds. The van der Waals surface area contributed by atoms with E-state index in [4.69, 9.17) is 9.97 Å². The minimum atomic E-state index is 0.848. The van der Waals surface area contributed by atoms with E-state index in [2.05, 4.69) is 143 Å². The predicted octanol–water partition coefficient (Wildman–Crippen LogP) is 10.3. The molecule has 0 aliphatic heterocycles. The molecule has 0 atom stereocenters. The zero-order chi connectivity index (χ0) is 29.7. The first-order valence-electron chi connectivity index (χ1n) is 15.1. The van der Waals surface area contributed by atoms with Crippen molar-refractivity contribution >= 4 is 43.4 Å². The molecule has 0 saturated heterocycles. The maximum atomic E-state index is 4.81. The summed E-state index contributed by atoms with van der Waals surface area (Å²) in [6.45, 7) is 0. The van der Waals surface area contributed by atoms with Crippen LogP contribution in [-0.4, -0.2) is 19.5 Å². The van der Waals surface area contributed by atoms with Crippen LogP contribution in [0.5, 0.6) is 0 Å². The molecule has 4 nitrogen and oxygen atoms in total. The van der Waals surface area contributed by atoms with Gasteiger partial charge in [-0.2, -0.15) is 0 Å². The Morgan fingerprint density at radius 2 is 1.07 bits per heavy atom. The number of rotatable bonds is 4. The Labute approximate surface area is 259 Å². The summed E-state index contributed by atoms with van der Waals surface area (Å²) in [5.41, 5.74) is 9.52. The third kappa shape index (κ3) is 4.27. The van der Waals surface area contributed by atoms with Crippen molar-refractivity contribution in [3.63, 3.8) is 0 Å². The molecule has 0 radical (unpaired) electrons. The van der Waals surface area contributed by atoms with Gasteiger partial charge in [-0.3, -0.25) is 15.0 Å². The fraction of sp³-hybridized carbons (Fsp3) is 0. The molecule has 0 aliphatic rings. The largest absolute Gasteiger partial charge is 0.309 e. The molecule has 5 aromatic carbocycles. The number of hydrogen-bond donors (Lipinski definition) is 0. The van der Waals surface area contributed by atoms with Crippen LogP contribution >= 0.6 is 0 Å². The van der Waals surface area contributed by atoms with Crippen LogP contribution in [0, 0.1) is 0 Å². The molecule has 4 heteroatoms. The lowest BCUT2D eigenvalue weighted by molar-refractivity contribution is 1.17. The fourth-order valence-electron chi connectivity index (χ4n) is 6.54. The molecule has 0 spiro atoms. The van der Waals surface area contributed by atoms with Gasteiger partial charge in [0, 0.05) is 52.4 Å². The van der Waals surface area contributed by atoms with Gasteiger partial charge in [0.15, 0.2) is 0 Å². The Morgan fingerprint density at radius 3 is 1.87 bits per heavy atom. The van der Waals surface area contributed by atoms with E-state index in [1.807, 2.05) is 24.8 Å². The molecular weight excluding hydrogens is 548 g/mol. The fourth-order valence-corrected chi connectivity index (χ4v) is 6.54. The summed E-state index contributed by atoms with van der Waals surface area (Å²) in [5.74, 6) is 0. The molecule has 0 N–H and O–H groups in total. The number of hydrogen-bond acceptors (Lipinski definition) is 3. The van der Waals surface area contributed by atoms with Gasteiger partial charge in [-0.25, -0.2) is 0 Å². The standard InChI is InChI=1S/C41H26N4/c1-2-9-34-27(6-1)12-13-30-22-29(14-17-35(30)34)32-16-19-39(44-25-32)38-18-15-31(24-43-38)28-7-5-8-33(23-28)45-40-11-4-3-10-36(40)37-26-42-21-20-41(37)45/h1-26H. The maximum absolute atomic E-state index is 4.81. The average Bonchev–Trinajstić information content (AvgIpc) is 3.46. The van der Waals surface area contributed by atoms with Crippen LogP contribution in [0.1, 0.15) is 0 Å². The minimum Gasteiger partial charge on any atom is -0.309 e. The van der Waals surface area contributed by atoms with Crippen LogP contribution in [0.4, 0.5) is 0 Å². The van der Waals surface area contributed by atoms with Crippen LogP contribution in [0.25, 0.3) is 82.7 Å². The van der Waals surface area contributed by atoms with Crippen molar-refractivity contribution in [1.82, 2.24) is 19.5 Å². The molecule has 0 bridgehead atoms. The molecule has 45 heavy (non-hydrogen) atoms. The second-order valence-corrected chi connectivity index (χ2v) is 11.4. The Kier molecular flexibility index (Phi) is 5.78. The van der Waals surface area contributed by atoms with E-state index in [-0.39, 0.29) is 0 Å².